The number of hydrogen-bond acceptors (Lipinski definition) is 3. The minimum Gasteiger partial charge on any atom is -0.382 e. The molecule has 1 aromatic rings. The standard InChI is InChI=1S/C14H20N2O/c1-11(17)13-5-3-4-6-14(13)15-12-7-9-16(2)10-8-12/h3-6,12,15H,7-10H2,1-2H3. The van der Waals surface area contributed by atoms with E-state index >= 15 is 0 Å². The van der Waals surface area contributed by atoms with Crippen LogP contribution in [-0.4, -0.2) is 36.9 Å². The summed E-state index contributed by atoms with van der Waals surface area (Å²) in [4.78, 5) is 13.9. The van der Waals surface area contributed by atoms with Gasteiger partial charge in [-0.25, -0.2) is 0 Å². The van der Waals surface area contributed by atoms with Crippen molar-refractivity contribution in [2.24, 2.45) is 0 Å². The molecule has 1 N–H and O–H groups in total. The fraction of sp³-hybridized carbons (Fsp3) is 0.500. The van der Waals surface area contributed by atoms with Gasteiger partial charge >= 0.3 is 0 Å². The average molecular weight is 232 g/mol. The van der Waals surface area contributed by atoms with Gasteiger partial charge in [0.2, 0.25) is 0 Å². The lowest BCUT2D eigenvalue weighted by atomic mass is 10.0. The quantitative estimate of drug-likeness (QED) is 0.812. The molecule has 0 radical (unpaired) electrons. The third-order valence-electron chi connectivity index (χ3n) is 3.38. The highest BCUT2D eigenvalue weighted by Gasteiger charge is 2.17. The topological polar surface area (TPSA) is 32.3 Å². The van der Waals surface area contributed by atoms with Crippen molar-refractivity contribution in [2.45, 2.75) is 25.8 Å². The van der Waals surface area contributed by atoms with E-state index in [9.17, 15) is 4.79 Å². The second-order valence-corrected chi connectivity index (χ2v) is 4.82. The first-order chi connectivity index (χ1) is 8.16. The summed E-state index contributed by atoms with van der Waals surface area (Å²) < 4.78 is 0. The maximum absolute atomic E-state index is 11.5. The highest BCUT2D eigenvalue weighted by atomic mass is 16.1. The van der Waals surface area contributed by atoms with Crippen LogP contribution in [0.25, 0.3) is 0 Å². The van der Waals surface area contributed by atoms with Crippen molar-refractivity contribution in [3.8, 4) is 0 Å². The van der Waals surface area contributed by atoms with Gasteiger partial charge in [0, 0.05) is 17.3 Å². The predicted octanol–water partition coefficient (Wildman–Crippen LogP) is 2.40. The Kier molecular flexibility index (Phi) is 3.79. The highest BCUT2D eigenvalue weighted by Crippen LogP contribution is 2.20. The Labute approximate surface area is 103 Å². The van der Waals surface area contributed by atoms with Crippen molar-refractivity contribution in [2.75, 3.05) is 25.5 Å². The molecule has 3 nitrogen and oxygen atoms in total. The van der Waals surface area contributed by atoms with Gasteiger partial charge in [-0.1, -0.05) is 12.1 Å². The smallest absolute Gasteiger partial charge is 0.161 e. The van der Waals surface area contributed by atoms with Gasteiger partial charge in [0.1, 0.15) is 0 Å². The summed E-state index contributed by atoms with van der Waals surface area (Å²) in [6.45, 7) is 3.87. The molecule has 1 aromatic carbocycles. The van der Waals surface area contributed by atoms with Gasteiger partial charge in [-0.15, -0.1) is 0 Å². The molecule has 0 bridgehead atoms. The molecule has 1 aliphatic rings. The number of Topliss-reactive ketones (excluding diaryl/α,β-unsaturated/α-hetero) is 1. The van der Waals surface area contributed by atoms with E-state index in [-0.39, 0.29) is 5.78 Å². The lowest BCUT2D eigenvalue weighted by Gasteiger charge is -2.30. The first-order valence-electron chi connectivity index (χ1n) is 6.22. The van der Waals surface area contributed by atoms with Crippen LogP contribution in [0.2, 0.25) is 0 Å². The number of nitrogens with one attached hydrogen (secondary N) is 1. The highest BCUT2D eigenvalue weighted by molar-refractivity contribution is 5.99. The van der Waals surface area contributed by atoms with Crippen LogP contribution >= 0.6 is 0 Å². The molecule has 0 unspecified atom stereocenters. The first kappa shape index (κ1) is 12.1. The molecule has 0 aromatic heterocycles. The van der Waals surface area contributed by atoms with E-state index in [2.05, 4.69) is 17.3 Å². The normalized spacial score (nSPS) is 18.0. The van der Waals surface area contributed by atoms with Crippen LogP contribution in [0.15, 0.2) is 24.3 Å². The number of para-hydroxylation sites is 1. The van der Waals surface area contributed by atoms with E-state index in [0.29, 0.717) is 6.04 Å². The maximum atomic E-state index is 11.5. The average Bonchev–Trinajstić information content (AvgIpc) is 2.32. The Bertz CT molecular complexity index is 395. The van der Waals surface area contributed by atoms with Gasteiger partial charge in [-0.2, -0.15) is 0 Å². The Balaban J connectivity index is 2.05. The van der Waals surface area contributed by atoms with Crippen LogP contribution < -0.4 is 5.32 Å². The van der Waals surface area contributed by atoms with Crippen molar-refractivity contribution < 1.29 is 4.79 Å². The van der Waals surface area contributed by atoms with E-state index in [0.717, 1.165) is 37.2 Å². The largest absolute Gasteiger partial charge is 0.382 e. The van der Waals surface area contributed by atoms with Gasteiger partial charge in [0.05, 0.1) is 0 Å². The number of hydrogen-bond donors (Lipinski definition) is 1. The molecule has 0 aliphatic carbocycles. The number of likely N-dealkylation sites (tertiary alicyclic amines) is 1. The second-order valence-electron chi connectivity index (χ2n) is 4.82. The summed E-state index contributed by atoms with van der Waals surface area (Å²) in [5.41, 5.74) is 1.78. The molecule has 1 saturated heterocycles. The molecular weight excluding hydrogens is 212 g/mol. The zero-order valence-electron chi connectivity index (χ0n) is 10.6. The summed E-state index contributed by atoms with van der Waals surface area (Å²) in [5, 5.41) is 3.50. The minimum absolute atomic E-state index is 0.126. The number of ketones is 1. The molecule has 17 heavy (non-hydrogen) atoms. The van der Waals surface area contributed by atoms with E-state index in [1.165, 1.54) is 0 Å². The lowest BCUT2D eigenvalue weighted by Crippen LogP contribution is -2.36. The molecule has 1 fully saturated rings. The maximum Gasteiger partial charge on any atom is 0.161 e. The Morgan fingerprint density at radius 1 is 1.29 bits per heavy atom. The molecule has 2 rings (SSSR count). The number of piperidine rings is 1. The number of anilines is 1. The number of rotatable bonds is 3. The predicted molar refractivity (Wildman–Crippen MR) is 70.6 cm³/mol. The summed E-state index contributed by atoms with van der Waals surface area (Å²) in [7, 11) is 2.15. The van der Waals surface area contributed by atoms with Gasteiger partial charge in [0.25, 0.3) is 0 Å². The van der Waals surface area contributed by atoms with E-state index in [1.807, 2.05) is 24.3 Å². The van der Waals surface area contributed by atoms with Crippen molar-refractivity contribution in [3.05, 3.63) is 29.8 Å². The molecule has 0 spiro atoms. The minimum atomic E-state index is 0.126. The molecule has 1 heterocycles. The van der Waals surface area contributed by atoms with E-state index < -0.39 is 0 Å². The second kappa shape index (κ2) is 5.32. The van der Waals surface area contributed by atoms with Gasteiger partial charge in [-0.05, 0) is 52.0 Å². The monoisotopic (exact) mass is 232 g/mol. The van der Waals surface area contributed by atoms with Crippen molar-refractivity contribution >= 4 is 11.5 Å². The zero-order chi connectivity index (χ0) is 12.3. The fourth-order valence-corrected chi connectivity index (χ4v) is 2.29. The lowest BCUT2D eigenvalue weighted by molar-refractivity contribution is 0.101. The summed E-state index contributed by atoms with van der Waals surface area (Å²) in [6, 6.07) is 8.27. The van der Waals surface area contributed by atoms with Gasteiger partial charge in [-0.3, -0.25) is 4.79 Å². The van der Waals surface area contributed by atoms with Crippen LogP contribution in [-0.2, 0) is 0 Å². The van der Waals surface area contributed by atoms with Crippen molar-refractivity contribution in [1.82, 2.24) is 4.90 Å². The molecule has 0 atom stereocenters. The van der Waals surface area contributed by atoms with Crippen LogP contribution in [0.5, 0.6) is 0 Å². The molecule has 3 heteroatoms. The van der Waals surface area contributed by atoms with E-state index in [4.69, 9.17) is 0 Å². The first-order valence-corrected chi connectivity index (χ1v) is 6.22. The summed E-state index contributed by atoms with van der Waals surface area (Å²) >= 11 is 0. The Morgan fingerprint density at radius 3 is 2.59 bits per heavy atom. The van der Waals surface area contributed by atoms with Crippen LogP contribution in [0.4, 0.5) is 5.69 Å². The van der Waals surface area contributed by atoms with E-state index in [1.54, 1.807) is 6.92 Å². The van der Waals surface area contributed by atoms with Crippen molar-refractivity contribution in [1.29, 1.82) is 0 Å². The molecule has 0 amide bonds. The van der Waals surface area contributed by atoms with Crippen molar-refractivity contribution in [3.63, 3.8) is 0 Å². The summed E-state index contributed by atoms with van der Waals surface area (Å²) in [5.74, 6) is 0.126. The summed E-state index contributed by atoms with van der Waals surface area (Å²) in [6.07, 6.45) is 2.28. The van der Waals surface area contributed by atoms with Crippen LogP contribution in [0.1, 0.15) is 30.1 Å². The third kappa shape index (κ3) is 3.07. The third-order valence-corrected chi connectivity index (χ3v) is 3.38. The van der Waals surface area contributed by atoms with Crippen LogP contribution in [0.3, 0.4) is 0 Å². The molecular formula is C14H20N2O. The number of carbonyl (C=O) groups is 1. The number of carbonyl (C=O) groups excluding carboxylic acids is 1. The molecule has 0 saturated carbocycles. The SMILES string of the molecule is CC(=O)c1ccccc1NC1CCN(C)CC1. The zero-order valence-corrected chi connectivity index (χ0v) is 10.6. The number of benzene rings is 1. The Hall–Kier alpha value is -1.35. The van der Waals surface area contributed by atoms with Crippen LogP contribution in [0, 0.1) is 0 Å². The molecule has 1 aliphatic heterocycles. The van der Waals surface area contributed by atoms with Gasteiger partial charge < -0.3 is 10.2 Å². The van der Waals surface area contributed by atoms with Gasteiger partial charge in [0.15, 0.2) is 5.78 Å². The Morgan fingerprint density at radius 2 is 1.94 bits per heavy atom. The fourth-order valence-electron chi connectivity index (χ4n) is 2.29. The molecule has 92 valence electrons. The number of nitrogens with zero attached hydrogens (tertiary/aromatic N) is 1.